The SMILES string of the molecule is O=C(Cl)c1ccc(Cl)c(CNCC(F)(F)F)c1Cl. The Morgan fingerprint density at radius 1 is 1.28 bits per heavy atom. The van der Waals surface area contributed by atoms with Gasteiger partial charge >= 0.3 is 6.18 Å². The van der Waals surface area contributed by atoms with Gasteiger partial charge in [-0.25, -0.2) is 0 Å². The van der Waals surface area contributed by atoms with E-state index in [0.717, 1.165) is 0 Å². The van der Waals surface area contributed by atoms with Crippen molar-refractivity contribution in [1.82, 2.24) is 5.32 Å². The molecule has 0 bridgehead atoms. The summed E-state index contributed by atoms with van der Waals surface area (Å²) in [4.78, 5) is 11.0. The zero-order chi connectivity index (χ0) is 13.9. The summed E-state index contributed by atoms with van der Waals surface area (Å²) >= 11 is 16.9. The zero-order valence-electron chi connectivity index (χ0n) is 8.74. The first-order chi connectivity index (χ1) is 8.22. The summed E-state index contributed by atoms with van der Waals surface area (Å²) in [6, 6.07) is 2.67. The van der Waals surface area contributed by atoms with Crippen molar-refractivity contribution in [3.05, 3.63) is 33.3 Å². The molecular weight excluding hydrogens is 313 g/mol. The maximum atomic E-state index is 12.0. The van der Waals surface area contributed by atoms with Gasteiger partial charge < -0.3 is 5.32 Å². The highest BCUT2D eigenvalue weighted by Crippen LogP contribution is 2.29. The van der Waals surface area contributed by atoms with Gasteiger partial charge in [-0.1, -0.05) is 23.2 Å². The largest absolute Gasteiger partial charge is 0.401 e. The molecule has 1 aromatic carbocycles. The van der Waals surface area contributed by atoms with E-state index in [1.807, 2.05) is 0 Å². The fourth-order valence-electron chi connectivity index (χ4n) is 1.24. The lowest BCUT2D eigenvalue weighted by Crippen LogP contribution is -2.28. The number of hydrogen-bond donors (Lipinski definition) is 1. The molecule has 2 nitrogen and oxygen atoms in total. The van der Waals surface area contributed by atoms with Crippen LogP contribution in [0.25, 0.3) is 0 Å². The van der Waals surface area contributed by atoms with Gasteiger partial charge in [0, 0.05) is 17.1 Å². The number of nitrogens with one attached hydrogen (secondary N) is 1. The molecule has 0 radical (unpaired) electrons. The Kier molecular flexibility index (Phi) is 5.28. The second-order valence-corrected chi connectivity index (χ2v) is 4.51. The van der Waals surface area contributed by atoms with Crippen LogP contribution in [0.4, 0.5) is 13.2 Å². The number of alkyl halides is 3. The van der Waals surface area contributed by atoms with Gasteiger partial charge in [0.15, 0.2) is 0 Å². The number of carbonyl (C=O) groups is 1. The number of halogens is 6. The van der Waals surface area contributed by atoms with Crippen molar-refractivity contribution in [2.75, 3.05) is 6.54 Å². The van der Waals surface area contributed by atoms with Crippen molar-refractivity contribution in [2.45, 2.75) is 12.7 Å². The fraction of sp³-hybridized carbons (Fsp3) is 0.300. The van der Waals surface area contributed by atoms with Gasteiger partial charge in [0.25, 0.3) is 5.24 Å². The Bertz CT molecular complexity index is 462. The van der Waals surface area contributed by atoms with Crippen molar-refractivity contribution in [2.24, 2.45) is 0 Å². The van der Waals surface area contributed by atoms with Crippen LogP contribution in [-0.4, -0.2) is 18.0 Å². The topological polar surface area (TPSA) is 29.1 Å². The Morgan fingerprint density at radius 3 is 2.39 bits per heavy atom. The molecule has 18 heavy (non-hydrogen) atoms. The van der Waals surface area contributed by atoms with Crippen molar-refractivity contribution < 1.29 is 18.0 Å². The predicted molar refractivity (Wildman–Crippen MR) is 64.4 cm³/mol. The molecule has 1 rings (SSSR count). The van der Waals surface area contributed by atoms with Gasteiger partial charge in [-0.3, -0.25) is 4.79 Å². The molecular formula is C10H7Cl3F3NO. The monoisotopic (exact) mass is 319 g/mol. The van der Waals surface area contributed by atoms with Crippen molar-refractivity contribution in [1.29, 1.82) is 0 Å². The number of benzene rings is 1. The van der Waals surface area contributed by atoms with Crippen LogP contribution >= 0.6 is 34.8 Å². The highest BCUT2D eigenvalue weighted by Gasteiger charge is 2.26. The van der Waals surface area contributed by atoms with Gasteiger partial charge in [0.1, 0.15) is 0 Å². The first-order valence-corrected chi connectivity index (χ1v) is 5.80. The number of rotatable bonds is 4. The van der Waals surface area contributed by atoms with Gasteiger partial charge in [-0.05, 0) is 23.7 Å². The molecule has 0 aliphatic rings. The third-order valence-electron chi connectivity index (χ3n) is 2.03. The predicted octanol–water partition coefficient (Wildman–Crippen LogP) is 4.02. The highest BCUT2D eigenvalue weighted by molar-refractivity contribution is 6.68. The van der Waals surface area contributed by atoms with E-state index in [-0.39, 0.29) is 27.7 Å². The molecule has 0 amide bonds. The standard InChI is InChI=1S/C10H7Cl3F3NO/c11-7-2-1-5(9(13)18)8(12)6(7)3-17-4-10(14,15)16/h1-2,17H,3-4H2. The summed E-state index contributed by atoms with van der Waals surface area (Å²) in [6.45, 7) is -1.39. The van der Waals surface area contributed by atoms with Crippen LogP contribution in [0.5, 0.6) is 0 Å². The lowest BCUT2D eigenvalue weighted by atomic mass is 10.1. The summed E-state index contributed by atoms with van der Waals surface area (Å²) in [5, 5.41) is 1.46. The van der Waals surface area contributed by atoms with Crippen LogP contribution in [-0.2, 0) is 6.54 Å². The van der Waals surface area contributed by atoms with Gasteiger partial charge in [0.05, 0.1) is 17.1 Å². The molecule has 0 saturated heterocycles. The quantitative estimate of drug-likeness (QED) is 0.849. The Hall–Kier alpha value is -0.490. The summed E-state index contributed by atoms with van der Waals surface area (Å²) in [7, 11) is 0. The third kappa shape index (κ3) is 4.31. The minimum Gasteiger partial charge on any atom is -0.304 e. The van der Waals surface area contributed by atoms with E-state index in [4.69, 9.17) is 34.8 Å². The molecule has 0 spiro atoms. The Balaban J connectivity index is 2.88. The van der Waals surface area contributed by atoms with E-state index in [1.165, 1.54) is 12.1 Å². The van der Waals surface area contributed by atoms with E-state index in [1.54, 1.807) is 0 Å². The first kappa shape index (κ1) is 15.6. The lowest BCUT2D eigenvalue weighted by Gasteiger charge is -2.12. The Labute approximate surface area is 116 Å². The first-order valence-electron chi connectivity index (χ1n) is 4.66. The highest BCUT2D eigenvalue weighted by atomic mass is 35.5. The molecule has 0 aliphatic heterocycles. The normalized spacial score (nSPS) is 11.7. The van der Waals surface area contributed by atoms with Crippen LogP contribution in [0.3, 0.4) is 0 Å². The molecule has 0 unspecified atom stereocenters. The molecule has 0 atom stereocenters. The maximum absolute atomic E-state index is 12.0. The minimum atomic E-state index is -4.33. The zero-order valence-corrected chi connectivity index (χ0v) is 11.0. The molecule has 0 aliphatic carbocycles. The van der Waals surface area contributed by atoms with Crippen LogP contribution in [0.1, 0.15) is 15.9 Å². The van der Waals surface area contributed by atoms with Crippen LogP contribution in [0.2, 0.25) is 10.0 Å². The van der Waals surface area contributed by atoms with Gasteiger partial charge in [-0.2, -0.15) is 13.2 Å². The van der Waals surface area contributed by atoms with Crippen LogP contribution in [0, 0.1) is 0 Å². The van der Waals surface area contributed by atoms with Crippen LogP contribution < -0.4 is 5.32 Å². The lowest BCUT2D eigenvalue weighted by molar-refractivity contribution is -0.125. The number of carbonyl (C=O) groups excluding carboxylic acids is 1. The smallest absolute Gasteiger partial charge is 0.304 e. The summed E-state index contributed by atoms with van der Waals surface area (Å²) in [6.07, 6.45) is -4.33. The van der Waals surface area contributed by atoms with Crippen molar-refractivity contribution in [3.63, 3.8) is 0 Å². The average Bonchev–Trinajstić information content (AvgIpc) is 2.20. The molecule has 0 aromatic heterocycles. The van der Waals surface area contributed by atoms with E-state index >= 15 is 0 Å². The summed E-state index contributed by atoms with van der Waals surface area (Å²) in [5.41, 5.74) is 0.209. The van der Waals surface area contributed by atoms with E-state index < -0.39 is 18.0 Å². The molecule has 0 saturated carbocycles. The molecule has 1 aromatic rings. The van der Waals surface area contributed by atoms with Crippen molar-refractivity contribution in [3.8, 4) is 0 Å². The summed E-state index contributed by atoms with van der Waals surface area (Å²) < 4.78 is 35.9. The average molecular weight is 321 g/mol. The Morgan fingerprint density at radius 2 is 1.89 bits per heavy atom. The molecule has 0 fully saturated rings. The van der Waals surface area contributed by atoms with E-state index in [2.05, 4.69) is 5.32 Å². The maximum Gasteiger partial charge on any atom is 0.401 e. The van der Waals surface area contributed by atoms with E-state index in [0.29, 0.717) is 0 Å². The number of hydrogen-bond acceptors (Lipinski definition) is 2. The second-order valence-electron chi connectivity index (χ2n) is 3.38. The van der Waals surface area contributed by atoms with Crippen LogP contribution in [0.15, 0.2) is 12.1 Å². The van der Waals surface area contributed by atoms with E-state index in [9.17, 15) is 18.0 Å². The summed E-state index contributed by atoms with van der Waals surface area (Å²) in [5.74, 6) is 0. The minimum absolute atomic E-state index is 0.00606. The fourth-order valence-corrected chi connectivity index (χ4v) is 2.04. The van der Waals surface area contributed by atoms with Gasteiger partial charge in [-0.15, -0.1) is 0 Å². The third-order valence-corrected chi connectivity index (χ3v) is 3.01. The molecule has 8 heteroatoms. The molecule has 0 heterocycles. The second kappa shape index (κ2) is 6.10. The van der Waals surface area contributed by atoms with Gasteiger partial charge in [0.2, 0.25) is 0 Å². The van der Waals surface area contributed by atoms with Crippen molar-refractivity contribution >= 4 is 40.0 Å². The molecule has 100 valence electrons. The molecule has 1 N–H and O–H groups in total.